The van der Waals surface area contributed by atoms with Crippen LogP contribution in [0.5, 0.6) is 17.2 Å². The molecule has 4 rings (SSSR count). The van der Waals surface area contributed by atoms with E-state index >= 15 is 0 Å². The maximum Gasteiger partial charge on any atom is 0.335 e. The summed E-state index contributed by atoms with van der Waals surface area (Å²) in [4.78, 5) is 24.5. The van der Waals surface area contributed by atoms with Crippen molar-refractivity contribution >= 4 is 11.9 Å². The lowest BCUT2D eigenvalue weighted by atomic mass is 10.00. The van der Waals surface area contributed by atoms with Gasteiger partial charge in [0.05, 0.1) is 24.2 Å². The zero-order chi connectivity index (χ0) is 21.8. The maximum absolute atomic E-state index is 14.5. The molecular formula is C21H18F3NO5. The molecule has 2 aromatic rings. The van der Waals surface area contributed by atoms with Crippen molar-refractivity contribution in [3.05, 3.63) is 52.8 Å². The van der Waals surface area contributed by atoms with Gasteiger partial charge in [0, 0.05) is 18.1 Å². The minimum Gasteiger partial charge on any atom is -0.487 e. The molecule has 0 saturated carbocycles. The van der Waals surface area contributed by atoms with Crippen LogP contribution in [0.15, 0.2) is 30.3 Å². The first-order valence-electron chi connectivity index (χ1n) is 9.18. The highest BCUT2D eigenvalue weighted by Crippen LogP contribution is 2.43. The Balaban J connectivity index is 1.60. The van der Waals surface area contributed by atoms with E-state index in [2.05, 4.69) is 0 Å². The third-order valence-corrected chi connectivity index (χ3v) is 4.93. The number of hydrogen-bond donors (Lipinski definition) is 1. The summed E-state index contributed by atoms with van der Waals surface area (Å²) in [5.41, 5.74) is -0.300. The molecule has 9 heteroatoms. The van der Waals surface area contributed by atoms with Crippen LogP contribution in [0, 0.1) is 5.82 Å². The number of hydrogen-bond acceptors (Lipinski definition) is 4. The Kier molecular flexibility index (Phi) is 4.44. The minimum atomic E-state index is -2.94. The van der Waals surface area contributed by atoms with Gasteiger partial charge in [-0.2, -0.15) is 0 Å². The number of carbonyl (C=O) groups excluding carboxylic acids is 1. The van der Waals surface area contributed by atoms with E-state index in [4.69, 9.17) is 9.47 Å². The summed E-state index contributed by atoms with van der Waals surface area (Å²) in [7, 11) is 0. The summed E-state index contributed by atoms with van der Waals surface area (Å²) in [5.74, 6) is -5.25. The molecule has 0 aliphatic carbocycles. The van der Waals surface area contributed by atoms with Crippen LogP contribution in [0.1, 0.15) is 40.1 Å². The first-order chi connectivity index (χ1) is 13.9. The number of rotatable bonds is 4. The number of aromatic carboxylic acids is 1. The van der Waals surface area contributed by atoms with E-state index in [-0.39, 0.29) is 22.6 Å². The molecule has 6 nitrogen and oxygen atoms in total. The van der Waals surface area contributed by atoms with Crippen LogP contribution in [0.4, 0.5) is 13.2 Å². The molecular weight excluding hydrogens is 403 g/mol. The Hall–Kier alpha value is -3.23. The number of benzene rings is 2. The van der Waals surface area contributed by atoms with Gasteiger partial charge in [-0.05, 0) is 38.1 Å². The molecule has 158 valence electrons. The lowest BCUT2D eigenvalue weighted by Gasteiger charge is -2.38. The van der Waals surface area contributed by atoms with E-state index < -0.39 is 42.3 Å². The largest absolute Gasteiger partial charge is 0.487 e. The SMILES string of the molecule is CC1(C)Cc2c(Oc3ccc(C(=O)N4CC(F)(F)C4)c(F)c3)cc(C(=O)O)cc2O1. The van der Waals surface area contributed by atoms with Crippen LogP contribution in [-0.4, -0.2) is 46.5 Å². The molecule has 1 saturated heterocycles. The van der Waals surface area contributed by atoms with Gasteiger partial charge in [0.25, 0.3) is 11.8 Å². The lowest BCUT2D eigenvalue weighted by Crippen LogP contribution is -2.58. The molecule has 30 heavy (non-hydrogen) atoms. The van der Waals surface area contributed by atoms with Crippen LogP contribution < -0.4 is 9.47 Å². The fraction of sp³-hybridized carbons (Fsp3) is 0.333. The standard InChI is InChI=1S/C21H18F3NO5/c1-20(2)8-14-16(5-11(19(27)28)6-17(14)30-20)29-12-3-4-13(15(22)7-12)18(26)25-9-21(23,24)10-25/h3-7H,8-10H2,1-2H3,(H,27,28). The van der Waals surface area contributed by atoms with Gasteiger partial charge in [-0.3, -0.25) is 4.79 Å². The summed E-state index contributed by atoms with van der Waals surface area (Å²) in [5, 5.41) is 9.33. The van der Waals surface area contributed by atoms with Gasteiger partial charge in [-0.1, -0.05) is 0 Å². The molecule has 1 N–H and O–H groups in total. The minimum absolute atomic E-state index is 0.0347. The molecule has 0 atom stereocenters. The van der Waals surface area contributed by atoms with E-state index in [1.807, 2.05) is 13.8 Å². The number of likely N-dealkylation sites (tertiary alicyclic amines) is 1. The topological polar surface area (TPSA) is 76.1 Å². The second kappa shape index (κ2) is 6.65. The molecule has 0 aromatic heterocycles. The van der Waals surface area contributed by atoms with Crippen molar-refractivity contribution in [2.24, 2.45) is 0 Å². The average Bonchev–Trinajstić information content (AvgIpc) is 2.93. The number of carbonyl (C=O) groups is 2. The summed E-state index contributed by atoms with van der Waals surface area (Å²) in [6.07, 6.45) is 0.458. The highest BCUT2D eigenvalue weighted by atomic mass is 19.3. The molecule has 2 aliphatic heterocycles. The number of carboxylic acid groups (broad SMARTS) is 1. The zero-order valence-electron chi connectivity index (χ0n) is 16.2. The number of alkyl halides is 2. The first kappa shape index (κ1) is 20.1. The smallest absolute Gasteiger partial charge is 0.335 e. The van der Waals surface area contributed by atoms with Crippen molar-refractivity contribution in [3.8, 4) is 17.2 Å². The van der Waals surface area contributed by atoms with Crippen molar-refractivity contribution in [2.45, 2.75) is 31.8 Å². The summed E-state index contributed by atoms with van der Waals surface area (Å²) < 4.78 is 51.9. The summed E-state index contributed by atoms with van der Waals surface area (Å²) in [6.45, 7) is 2.20. The molecule has 0 bridgehead atoms. The van der Waals surface area contributed by atoms with Gasteiger partial charge in [-0.15, -0.1) is 0 Å². The van der Waals surface area contributed by atoms with Gasteiger partial charge >= 0.3 is 5.97 Å². The maximum atomic E-state index is 14.5. The predicted octanol–water partition coefficient (Wildman–Crippen LogP) is 4.12. The van der Waals surface area contributed by atoms with E-state index in [0.717, 1.165) is 17.0 Å². The number of halogens is 3. The lowest BCUT2D eigenvalue weighted by molar-refractivity contribution is -0.113. The molecule has 0 spiro atoms. The van der Waals surface area contributed by atoms with E-state index in [0.29, 0.717) is 17.7 Å². The van der Waals surface area contributed by atoms with Gasteiger partial charge in [0.15, 0.2) is 0 Å². The summed E-state index contributed by atoms with van der Waals surface area (Å²) in [6, 6.07) is 6.18. The fourth-order valence-corrected chi connectivity index (χ4v) is 3.54. The Labute approximate surface area is 169 Å². The highest BCUT2D eigenvalue weighted by Gasteiger charge is 2.46. The van der Waals surface area contributed by atoms with E-state index in [1.165, 1.54) is 18.2 Å². The van der Waals surface area contributed by atoms with Crippen LogP contribution in [0.2, 0.25) is 0 Å². The number of carboxylic acids is 1. The van der Waals surface area contributed by atoms with Crippen LogP contribution >= 0.6 is 0 Å². The van der Waals surface area contributed by atoms with E-state index in [9.17, 15) is 27.9 Å². The van der Waals surface area contributed by atoms with Crippen LogP contribution in [-0.2, 0) is 6.42 Å². The first-order valence-corrected chi connectivity index (χ1v) is 9.18. The van der Waals surface area contributed by atoms with Crippen molar-refractivity contribution in [1.29, 1.82) is 0 Å². The van der Waals surface area contributed by atoms with Gasteiger partial charge in [0.1, 0.15) is 28.7 Å². The monoisotopic (exact) mass is 421 g/mol. The van der Waals surface area contributed by atoms with Gasteiger partial charge < -0.3 is 19.5 Å². The van der Waals surface area contributed by atoms with Crippen molar-refractivity contribution in [1.82, 2.24) is 4.90 Å². The third kappa shape index (κ3) is 3.67. The Morgan fingerprint density at radius 2 is 1.87 bits per heavy atom. The quantitative estimate of drug-likeness (QED) is 0.804. The van der Waals surface area contributed by atoms with E-state index in [1.54, 1.807) is 0 Å². The predicted molar refractivity (Wildman–Crippen MR) is 99.1 cm³/mol. The highest BCUT2D eigenvalue weighted by molar-refractivity contribution is 5.95. The molecule has 1 amide bonds. The van der Waals surface area contributed by atoms with Crippen molar-refractivity contribution in [2.75, 3.05) is 13.1 Å². The molecule has 0 radical (unpaired) electrons. The third-order valence-electron chi connectivity index (χ3n) is 4.93. The Bertz CT molecular complexity index is 1060. The molecule has 2 aliphatic rings. The normalized spacial score (nSPS) is 18.2. The van der Waals surface area contributed by atoms with Crippen LogP contribution in [0.3, 0.4) is 0 Å². The average molecular weight is 421 g/mol. The number of amides is 1. The molecule has 0 unspecified atom stereocenters. The molecule has 2 heterocycles. The van der Waals surface area contributed by atoms with Crippen molar-refractivity contribution < 1.29 is 37.3 Å². The van der Waals surface area contributed by atoms with Gasteiger partial charge in [-0.25, -0.2) is 18.0 Å². The number of fused-ring (bicyclic) bond motifs is 1. The summed E-state index contributed by atoms with van der Waals surface area (Å²) >= 11 is 0. The Morgan fingerprint density at radius 1 is 1.17 bits per heavy atom. The fourth-order valence-electron chi connectivity index (χ4n) is 3.54. The molecule has 2 aromatic carbocycles. The van der Waals surface area contributed by atoms with Crippen molar-refractivity contribution in [3.63, 3.8) is 0 Å². The zero-order valence-corrected chi connectivity index (χ0v) is 16.2. The number of ether oxygens (including phenoxy) is 2. The van der Waals surface area contributed by atoms with Crippen LogP contribution in [0.25, 0.3) is 0 Å². The second-order valence-corrected chi connectivity index (χ2v) is 8.06. The number of nitrogens with zero attached hydrogens (tertiary/aromatic N) is 1. The second-order valence-electron chi connectivity index (χ2n) is 8.06. The molecule has 1 fully saturated rings. The van der Waals surface area contributed by atoms with Gasteiger partial charge in [0.2, 0.25) is 0 Å². The Morgan fingerprint density at radius 3 is 2.47 bits per heavy atom.